The van der Waals surface area contributed by atoms with Crippen molar-refractivity contribution in [2.24, 2.45) is 0 Å². The van der Waals surface area contributed by atoms with Crippen molar-refractivity contribution in [3.8, 4) is 44.5 Å². The van der Waals surface area contributed by atoms with Gasteiger partial charge in [0.05, 0.1) is 16.6 Å². The molecule has 0 bridgehead atoms. The molecule has 1 heteroatoms. The maximum absolute atomic E-state index is 2.45. The molecule has 9 aromatic rings. The molecule has 0 amide bonds. The molecule has 0 unspecified atom stereocenters. The SMILES string of the molecule is Cc1ccc(-c2cc(-c3ccccc3)cc(-c3ccccc3)c2)cc1-c1ccc2c(c1)c1cccc3c4ccccc4n2c31. The molecule has 44 heavy (non-hydrogen) atoms. The molecular formula is C43H29N. The van der Waals surface area contributed by atoms with Gasteiger partial charge in [0.15, 0.2) is 0 Å². The van der Waals surface area contributed by atoms with Crippen LogP contribution in [0.25, 0.3) is 82.6 Å². The van der Waals surface area contributed by atoms with Crippen LogP contribution in [0.3, 0.4) is 0 Å². The third-order valence-electron chi connectivity index (χ3n) is 9.25. The van der Waals surface area contributed by atoms with Crippen molar-refractivity contribution in [3.05, 3.63) is 163 Å². The lowest BCUT2D eigenvalue weighted by Crippen LogP contribution is -1.89. The molecule has 0 saturated carbocycles. The molecule has 9 rings (SSSR count). The molecule has 2 heterocycles. The van der Waals surface area contributed by atoms with Crippen molar-refractivity contribution in [3.63, 3.8) is 0 Å². The highest BCUT2D eigenvalue weighted by molar-refractivity contribution is 6.23. The van der Waals surface area contributed by atoms with E-state index >= 15 is 0 Å². The summed E-state index contributed by atoms with van der Waals surface area (Å²) in [6.07, 6.45) is 0. The lowest BCUT2D eigenvalue weighted by Gasteiger charge is -2.14. The number of aromatic nitrogens is 1. The van der Waals surface area contributed by atoms with E-state index in [4.69, 9.17) is 0 Å². The first-order valence-electron chi connectivity index (χ1n) is 15.3. The Labute approximate surface area is 256 Å². The predicted molar refractivity (Wildman–Crippen MR) is 188 cm³/mol. The molecule has 0 aliphatic heterocycles. The Morgan fingerprint density at radius 3 is 1.59 bits per heavy atom. The van der Waals surface area contributed by atoms with E-state index in [9.17, 15) is 0 Å². The molecule has 0 fully saturated rings. The van der Waals surface area contributed by atoms with Gasteiger partial charge in [0.2, 0.25) is 0 Å². The van der Waals surface area contributed by atoms with E-state index in [0.29, 0.717) is 0 Å². The van der Waals surface area contributed by atoms with Gasteiger partial charge in [0, 0.05) is 21.5 Å². The standard InChI is InChI=1S/C43H29N/c1-28-19-20-31(35-24-33(29-11-4-2-5-12-29)23-34(25-35)30-13-6-3-7-14-30)26-39(28)32-21-22-42-40(27-32)38-17-10-16-37-36-15-8-9-18-41(36)44(42)43(37)38/h2-27H,1H3. The second-order valence-electron chi connectivity index (χ2n) is 11.8. The molecular weight excluding hydrogens is 530 g/mol. The van der Waals surface area contributed by atoms with Gasteiger partial charge in [-0.05, 0) is 99.5 Å². The molecule has 0 spiro atoms. The fourth-order valence-electron chi connectivity index (χ4n) is 7.10. The van der Waals surface area contributed by atoms with Gasteiger partial charge >= 0.3 is 0 Å². The van der Waals surface area contributed by atoms with Gasteiger partial charge in [0.25, 0.3) is 0 Å². The Morgan fingerprint density at radius 1 is 0.341 bits per heavy atom. The number of hydrogen-bond donors (Lipinski definition) is 0. The van der Waals surface area contributed by atoms with Crippen molar-refractivity contribution in [1.82, 2.24) is 4.40 Å². The lowest BCUT2D eigenvalue weighted by atomic mass is 9.90. The van der Waals surface area contributed by atoms with Crippen molar-refractivity contribution in [1.29, 1.82) is 0 Å². The summed E-state index contributed by atoms with van der Waals surface area (Å²) < 4.78 is 2.45. The molecule has 0 radical (unpaired) electrons. The number of benzene rings is 7. The van der Waals surface area contributed by atoms with Crippen LogP contribution in [0.2, 0.25) is 0 Å². The van der Waals surface area contributed by atoms with Crippen LogP contribution in [-0.2, 0) is 0 Å². The van der Waals surface area contributed by atoms with Crippen LogP contribution in [0.1, 0.15) is 5.56 Å². The van der Waals surface area contributed by atoms with E-state index in [1.807, 2.05) is 0 Å². The highest BCUT2D eigenvalue weighted by atomic mass is 14.9. The summed E-state index contributed by atoms with van der Waals surface area (Å²) >= 11 is 0. The van der Waals surface area contributed by atoms with E-state index in [0.717, 1.165) is 0 Å². The summed E-state index contributed by atoms with van der Waals surface area (Å²) in [4.78, 5) is 0. The summed E-state index contributed by atoms with van der Waals surface area (Å²) in [6.45, 7) is 2.22. The van der Waals surface area contributed by atoms with Crippen molar-refractivity contribution in [2.45, 2.75) is 6.92 Å². The van der Waals surface area contributed by atoms with Gasteiger partial charge in [-0.2, -0.15) is 0 Å². The van der Waals surface area contributed by atoms with E-state index in [2.05, 4.69) is 169 Å². The van der Waals surface area contributed by atoms with Gasteiger partial charge in [0.1, 0.15) is 0 Å². The third-order valence-corrected chi connectivity index (χ3v) is 9.25. The molecule has 2 aromatic heterocycles. The maximum Gasteiger partial charge on any atom is 0.0620 e. The minimum atomic E-state index is 1.22. The molecule has 0 aliphatic carbocycles. The summed E-state index contributed by atoms with van der Waals surface area (Å²) in [7, 11) is 0. The van der Waals surface area contributed by atoms with E-state index in [-0.39, 0.29) is 0 Å². The number of rotatable bonds is 4. The summed E-state index contributed by atoms with van der Waals surface area (Å²) in [5.41, 5.74) is 15.0. The lowest BCUT2D eigenvalue weighted by molar-refractivity contribution is 1.37. The van der Waals surface area contributed by atoms with Crippen molar-refractivity contribution in [2.75, 3.05) is 0 Å². The van der Waals surface area contributed by atoms with Crippen LogP contribution >= 0.6 is 0 Å². The molecule has 7 aromatic carbocycles. The summed E-state index contributed by atoms with van der Waals surface area (Å²) in [6, 6.07) is 57.8. The topological polar surface area (TPSA) is 4.41 Å². The van der Waals surface area contributed by atoms with Crippen LogP contribution in [-0.4, -0.2) is 4.40 Å². The molecule has 0 atom stereocenters. The second-order valence-corrected chi connectivity index (χ2v) is 11.8. The van der Waals surface area contributed by atoms with Gasteiger partial charge in [-0.3, -0.25) is 0 Å². The van der Waals surface area contributed by atoms with E-state index in [1.165, 1.54) is 88.2 Å². The zero-order valence-corrected chi connectivity index (χ0v) is 24.5. The molecule has 0 saturated heterocycles. The zero-order chi connectivity index (χ0) is 29.2. The minimum Gasteiger partial charge on any atom is -0.308 e. The predicted octanol–water partition coefficient (Wildman–Crippen LogP) is 11.8. The Bertz CT molecular complexity index is 2420. The van der Waals surface area contributed by atoms with Gasteiger partial charge < -0.3 is 4.40 Å². The number of aryl methyl sites for hydroxylation is 1. The molecule has 0 aliphatic rings. The summed E-state index contributed by atoms with van der Waals surface area (Å²) in [5, 5.41) is 5.25. The van der Waals surface area contributed by atoms with Crippen LogP contribution in [0.15, 0.2) is 158 Å². The number of para-hydroxylation sites is 2. The first-order valence-corrected chi connectivity index (χ1v) is 15.3. The van der Waals surface area contributed by atoms with Crippen molar-refractivity contribution < 1.29 is 0 Å². The summed E-state index contributed by atoms with van der Waals surface area (Å²) in [5.74, 6) is 0. The van der Waals surface area contributed by atoms with Crippen LogP contribution < -0.4 is 0 Å². The highest BCUT2D eigenvalue weighted by Gasteiger charge is 2.18. The molecule has 0 N–H and O–H groups in total. The number of hydrogen-bond acceptors (Lipinski definition) is 0. The normalized spacial score (nSPS) is 11.8. The van der Waals surface area contributed by atoms with E-state index < -0.39 is 0 Å². The third kappa shape index (κ3) is 3.80. The van der Waals surface area contributed by atoms with E-state index in [1.54, 1.807) is 0 Å². The van der Waals surface area contributed by atoms with Crippen LogP contribution in [0.4, 0.5) is 0 Å². The largest absolute Gasteiger partial charge is 0.308 e. The second kappa shape index (κ2) is 9.69. The average Bonchev–Trinajstić information content (AvgIpc) is 3.61. The van der Waals surface area contributed by atoms with Crippen molar-refractivity contribution >= 4 is 38.1 Å². The first-order chi connectivity index (χ1) is 21.7. The zero-order valence-electron chi connectivity index (χ0n) is 24.5. The fourth-order valence-corrected chi connectivity index (χ4v) is 7.10. The van der Waals surface area contributed by atoms with Gasteiger partial charge in [-0.1, -0.05) is 115 Å². The quantitative estimate of drug-likeness (QED) is 0.202. The molecule has 1 nitrogen and oxygen atoms in total. The maximum atomic E-state index is 2.45. The first kappa shape index (κ1) is 24.9. The average molecular weight is 560 g/mol. The number of nitrogens with zero attached hydrogens (tertiary/aromatic N) is 1. The Balaban J connectivity index is 1.23. The Hall–Kier alpha value is -5.66. The van der Waals surface area contributed by atoms with Crippen LogP contribution in [0, 0.1) is 6.92 Å². The van der Waals surface area contributed by atoms with Gasteiger partial charge in [-0.15, -0.1) is 0 Å². The molecule has 206 valence electrons. The Kier molecular flexibility index (Phi) is 5.48. The van der Waals surface area contributed by atoms with Crippen LogP contribution in [0.5, 0.6) is 0 Å². The van der Waals surface area contributed by atoms with Gasteiger partial charge in [-0.25, -0.2) is 0 Å². The Morgan fingerprint density at radius 2 is 0.886 bits per heavy atom. The number of fused-ring (bicyclic) bond motifs is 6. The smallest absolute Gasteiger partial charge is 0.0620 e. The fraction of sp³-hybridized carbons (Fsp3) is 0.0233. The minimum absolute atomic E-state index is 1.22. The highest BCUT2D eigenvalue weighted by Crippen LogP contribution is 2.41. The monoisotopic (exact) mass is 559 g/mol.